The zero-order valence-corrected chi connectivity index (χ0v) is 9.22. The number of allylic oxidation sites excluding steroid dienone is 2. The number of hydrogen-bond donors (Lipinski definition) is 4. The van der Waals surface area contributed by atoms with Crippen LogP contribution in [0.4, 0.5) is 0 Å². The number of amides is 1. The fraction of sp³-hybridized carbons (Fsp3) is 0.727. The van der Waals surface area contributed by atoms with Crippen LogP contribution in [0.15, 0.2) is 12.2 Å². The van der Waals surface area contributed by atoms with Crippen LogP contribution in [0.1, 0.15) is 19.3 Å². The summed E-state index contributed by atoms with van der Waals surface area (Å²) in [6.07, 6.45) is 6.31. The molecule has 0 heterocycles. The molecule has 1 aliphatic carbocycles. The normalized spacial score (nSPS) is 20.1. The number of aliphatic hydroxyl groups excluding tert-OH is 3. The number of aliphatic hydroxyl groups is 3. The third-order valence-corrected chi connectivity index (χ3v) is 2.87. The second-order valence-corrected chi connectivity index (χ2v) is 4.27. The van der Waals surface area contributed by atoms with Crippen molar-refractivity contribution in [2.24, 2.45) is 5.92 Å². The van der Waals surface area contributed by atoms with Crippen molar-refractivity contribution in [1.29, 1.82) is 0 Å². The molecule has 0 aromatic rings. The Kier molecular flexibility index (Phi) is 4.92. The van der Waals surface area contributed by atoms with Gasteiger partial charge in [-0.1, -0.05) is 12.2 Å². The third kappa shape index (κ3) is 3.30. The lowest BCUT2D eigenvalue weighted by molar-refractivity contribution is -0.126. The summed E-state index contributed by atoms with van der Waals surface area (Å²) in [4.78, 5) is 11.6. The summed E-state index contributed by atoms with van der Waals surface area (Å²) in [7, 11) is 0. The van der Waals surface area contributed by atoms with Gasteiger partial charge in [0.15, 0.2) is 0 Å². The van der Waals surface area contributed by atoms with Crippen LogP contribution in [0.3, 0.4) is 0 Å². The fourth-order valence-electron chi connectivity index (χ4n) is 1.72. The molecule has 0 spiro atoms. The fourth-order valence-corrected chi connectivity index (χ4v) is 1.72. The molecule has 5 heteroatoms. The zero-order chi connectivity index (χ0) is 12.0. The summed E-state index contributed by atoms with van der Waals surface area (Å²) < 4.78 is 0. The molecular formula is C11H19NO4. The van der Waals surface area contributed by atoms with Gasteiger partial charge < -0.3 is 20.6 Å². The molecule has 4 N–H and O–H groups in total. The number of nitrogens with one attached hydrogen (secondary N) is 1. The lowest BCUT2D eigenvalue weighted by atomic mass is 10.0. The molecule has 1 unspecified atom stereocenters. The molecule has 1 rings (SSSR count). The van der Waals surface area contributed by atoms with E-state index in [-0.39, 0.29) is 11.8 Å². The first-order valence-electron chi connectivity index (χ1n) is 5.46. The maximum atomic E-state index is 11.6. The van der Waals surface area contributed by atoms with Crippen LogP contribution in [-0.2, 0) is 4.79 Å². The Labute approximate surface area is 94.8 Å². The molecule has 92 valence electrons. The Bertz CT molecular complexity index is 252. The lowest BCUT2D eigenvalue weighted by Gasteiger charge is -2.29. The van der Waals surface area contributed by atoms with Crippen molar-refractivity contribution < 1.29 is 20.1 Å². The Morgan fingerprint density at radius 1 is 1.31 bits per heavy atom. The average Bonchev–Trinajstić information content (AvgIpc) is 2.79. The van der Waals surface area contributed by atoms with E-state index in [1.165, 1.54) is 0 Å². The molecule has 5 nitrogen and oxygen atoms in total. The second kappa shape index (κ2) is 5.98. The van der Waals surface area contributed by atoms with Gasteiger partial charge in [0.05, 0.1) is 19.8 Å². The highest BCUT2D eigenvalue weighted by Crippen LogP contribution is 2.20. The Morgan fingerprint density at radius 3 is 2.38 bits per heavy atom. The third-order valence-electron chi connectivity index (χ3n) is 2.87. The molecule has 0 saturated carbocycles. The maximum absolute atomic E-state index is 11.6. The molecule has 0 aromatic heterocycles. The van der Waals surface area contributed by atoms with Crippen molar-refractivity contribution in [3.63, 3.8) is 0 Å². The Morgan fingerprint density at radius 2 is 1.94 bits per heavy atom. The minimum Gasteiger partial charge on any atom is -0.394 e. The highest BCUT2D eigenvalue weighted by molar-refractivity contribution is 5.77. The SMILES string of the molecule is O=C(CC1C=CCC1)NC(CO)(CO)CO. The number of carbonyl (C=O) groups excluding carboxylic acids is 1. The first-order chi connectivity index (χ1) is 7.65. The van der Waals surface area contributed by atoms with E-state index in [9.17, 15) is 4.79 Å². The van der Waals surface area contributed by atoms with Gasteiger partial charge in [-0.3, -0.25) is 4.79 Å². The van der Waals surface area contributed by atoms with Crippen LogP contribution in [0.5, 0.6) is 0 Å². The van der Waals surface area contributed by atoms with Gasteiger partial charge in [0.25, 0.3) is 0 Å². The van der Waals surface area contributed by atoms with Crippen LogP contribution in [0.2, 0.25) is 0 Å². The minimum atomic E-state index is -1.31. The van der Waals surface area contributed by atoms with Crippen molar-refractivity contribution in [3.8, 4) is 0 Å². The largest absolute Gasteiger partial charge is 0.394 e. The van der Waals surface area contributed by atoms with Crippen LogP contribution in [0, 0.1) is 5.92 Å². The molecule has 16 heavy (non-hydrogen) atoms. The van der Waals surface area contributed by atoms with E-state index in [0.29, 0.717) is 6.42 Å². The summed E-state index contributed by atoms with van der Waals surface area (Å²) in [6, 6.07) is 0. The van der Waals surface area contributed by atoms with Gasteiger partial charge in [0.1, 0.15) is 5.54 Å². The van der Waals surface area contributed by atoms with E-state index in [2.05, 4.69) is 5.32 Å². The first-order valence-corrected chi connectivity index (χ1v) is 5.46. The number of carbonyl (C=O) groups is 1. The first kappa shape index (κ1) is 13.2. The summed E-state index contributed by atoms with van der Waals surface area (Å²) in [6.45, 7) is -1.44. The van der Waals surface area contributed by atoms with E-state index >= 15 is 0 Å². The van der Waals surface area contributed by atoms with Crippen LogP contribution >= 0.6 is 0 Å². The van der Waals surface area contributed by atoms with E-state index in [1.807, 2.05) is 12.2 Å². The minimum absolute atomic E-state index is 0.230. The molecular weight excluding hydrogens is 210 g/mol. The van der Waals surface area contributed by atoms with Crippen molar-refractivity contribution >= 4 is 5.91 Å². The van der Waals surface area contributed by atoms with E-state index in [1.54, 1.807) is 0 Å². The summed E-state index contributed by atoms with van der Waals surface area (Å²) in [5.74, 6) is -0.0255. The smallest absolute Gasteiger partial charge is 0.221 e. The Balaban J connectivity index is 2.44. The molecule has 0 radical (unpaired) electrons. The predicted octanol–water partition coefficient (Wildman–Crippen LogP) is -0.825. The van der Waals surface area contributed by atoms with Gasteiger partial charge in [-0.15, -0.1) is 0 Å². The van der Waals surface area contributed by atoms with Gasteiger partial charge in [0.2, 0.25) is 5.91 Å². The molecule has 0 saturated heterocycles. The van der Waals surface area contributed by atoms with Crippen molar-refractivity contribution in [1.82, 2.24) is 5.32 Å². The van der Waals surface area contributed by atoms with Gasteiger partial charge in [-0.2, -0.15) is 0 Å². The molecule has 1 aliphatic rings. The Hall–Kier alpha value is -0.910. The molecule has 0 aliphatic heterocycles. The van der Waals surface area contributed by atoms with Crippen LogP contribution in [0.25, 0.3) is 0 Å². The lowest BCUT2D eigenvalue weighted by Crippen LogP contribution is -2.57. The summed E-state index contributed by atoms with van der Waals surface area (Å²) in [5.41, 5.74) is -1.31. The average molecular weight is 229 g/mol. The predicted molar refractivity (Wildman–Crippen MR) is 58.6 cm³/mol. The van der Waals surface area contributed by atoms with Gasteiger partial charge in [-0.05, 0) is 18.8 Å². The summed E-state index contributed by atoms with van der Waals surface area (Å²) in [5, 5.41) is 29.6. The van der Waals surface area contributed by atoms with Crippen LogP contribution < -0.4 is 5.32 Å². The molecule has 0 aromatic carbocycles. The van der Waals surface area contributed by atoms with Gasteiger partial charge in [-0.25, -0.2) is 0 Å². The van der Waals surface area contributed by atoms with E-state index < -0.39 is 25.4 Å². The van der Waals surface area contributed by atoms with Gasteiger partial charge in [0, 0.05) is 6.42 Å². The molecule has 1 amide bonds. The van der Waals surface area contributed by atoms with Crippen molar-refractivity contribution in [2.45, 2.75) is 24.8 Å². The highest BCUT2D eigenvalue weighted by Gasteiger charge is 2.30. The number of rotatable bonds is 6. The van der Waals surface area contributed by atoms with Crippen molar-refractivity contribution in [3.05, 3.63) is 12.2 Å². The molecule has 0 bridgehead atoms. The summed E-state index contributed by atoms with van der Waals surface area (Å²) >= 11 is 0. The zero-order valence-electron chi connectivity index (χ0n) is 9.22. The highest BCUT2D eigenvalue weighted by atomic mass is 16.3. The topological polar surface area (TPSA) is 89.8 Å². The van der Waals surface area contributed by atoms with E-state index in [4.69, 9.17) is 15.3 Å². The second-order valence-electron chi connectivity index (χ2n) is 4.27. The maximum Gasteiger partial charge on any atom is 0.221 e. The standard InChI is InChI=1S/C11H19NO4/c13-6-11(7-14,8-15)12-10(16)5-9-3-1-2-4-9/h1,3,9,13-15H,2,4-8H2,(H,12,16). The van der Waals surface area contributed by atoms with Crippen molar-refractivity contribution in [2.75, 3.05) is 19.8 Å². The van der Waals surface area contributed by atoms with Gasteiger partial charge >= 0.3 is 0 Å². The van der Waals surface area contributed by atoms with E-state index in [0.717, 1.165) is 12.8 Å². The quantitative estimate of drug-likeness (QED) is 0.448. The molecule has 1 atom stereocenters. The number of hydrogen-bond acceptors (Lipinski definition) is 4. The monoisotopic (exact) mass is 229 g/mol. The van der Waals surface area contributed by atoms with Crippen LogP contribution in [-0.4, -0.2) is 46.6 Å². The molecule has 0 fully saturated rings.